The molecule has 1 aromatic rings. The molecule has 0 bridgehead atoms. The molecule has 6 nitrogen and oxygen atoms in total. The van der Waals surface area contributed by atoms with Crippen LogP contribution < -0.4 is 10.6 Å². The van der Waals surface area contributed by atoms with E-state index in [1.54, 1.807) is 0 Å². The molecule has 1 aliphatic carbocycles. The van der Waals surface area contributed by atoms with Gasteiger partial charge in [-0.1, -0.05) is 30.8 Å². The Balaban J connectivity index is 1.56. The average Bonchev–Trinajstić information content (AvgIpc) is 2.79. The summed E-state index contributed by atoms with van der Waals surface area (Å²) < 4.78 is 4.87. The van der Waals surface area contributed by atoms with Crippen molar-refractivity contribution in [1.29, 1.82) is 0 Å². The first-order valence-electron chi connectivity index (χ1n) is 7.10. The molecule has 0 radical (unpaired) electrons. The van der Waals surface area contributed by atoms with Gasteiger partial charge >= 0.3 is 0 Å². The van der Waals surface area contributed by atoms with Crippen molar-refractivity contribution in [3.8, 4) is 0 Å². The van der Waals surface area contributed by atoms with Gasteiger partial charge in [0.2, 0.25) is 11.8 Å². The highest BCUT2D eigenvalue weighted by Gasteiger charge is 2.14. The average molecular weight is 266 g/mol. The lowest BCUT2D eigenvalue weighted by atomic mass is 10.1. The first kappa shape index (κ1) is 14.0. The summed E-state index contributed by atoms with van der Waals surface area (Å²) in [7, 11) is 0. The summed E-state index contributed by atoms with van der Waals surface area (Å²) in [6.45, 7) is 1.02. The van der Waals surface area contributed by atoms with Crippen LogP contribution in [0.2, 0.25) is 0 Å². The number of nitrogens with zero attached hydrogens (tertiary/aromatic N) is 2. The maximum Gasteiger partial charge on any atom is 0.234 e. The van der Waals surface area contributed by atoms with E-state index in [1.807, 2.05) is 0 Å². The van der Waals surface area contributed by atoms with Gasteiger partial charge in [0.1, 0.15) is 0 Å². The van der Waals surface area contributed by atoms with Crippen molar-refractivity contribution in [3.05, 3.63) is 12.2 Å². The lowest BCUT2D eigenvalue weighted by Gasteiger charge is -2.16. The summed E-state index contributed by atoms with van der Waals surface area (Å²) in [5.41, 5.74) is 0. The van der Waals surface area contributed by atoms with E-state index >= 15 is 0 Å². The van der Waals surface area contributed by atoms with Crippen molar-refractivity contribution in [3.63, 3.8) is 0 Å². The van der Waals surface area contributed by atoms with Gasteiger partial charge in [0.05, 0.1) is 6.54 Å². The van der Waals surface area contributed by atoms with Crippen LogP contribution in [0.25, 0.3) is 0 Å². The minimum Gasteiger partial charge on any atom is -0.352 e. The van der Waals surface area contributed by atoms with Crippen LogP contribution in [0.15, 0.2) is 10.9 Å². The standard InChI is InChI=1S/C13H22N4O2/c18-12(17-11-5-3-1-2-4-6-11)9-14-8-7-13-15-10-16-19-13/h10-11,14H,1-9H2,(H,17,18). The maximum absolute atomic E-state index is 11.8. The van der Waals surface area contributed by atoms with E-state index in [2.05, 4.69) is 20.8 Å². The quantitative estimate of drug-likeness (QED) is 0.594. The molecule has 0 aromatic carbocycles. The van der Waals surface area contributed by atoms with Gasteiger partial charge in [-0.25, -0.2) is 0 Å². The van der Waals surface area contributed by atoms with E-state index in [-0.39, 0.29) is 5.91 Å². The summed E-state index contributed by atoms with van der Waals surface area (Å²) in [6, 6.07) is 0.368. The number of carbonyl (C=O) groups is 1. The molecule has 1 amide bonds. The molecule has 1 aromatic heterocycles. The number of rotatable bonds is 6. The Labute approximate surface area is 113 Å². The summed E-state index contributed by atoms with van der Waals surface area (Å²) in [4.78, 5) is 15.7. The van der Waals surface area contributed by atoms with Crippen LogP contribution in [0.3, 0.4) is 0 Å². The van der Waals surface area contributed by atoms with Gasteiger partial charge in [-0.05, 0) is 12.8 Å². The zero-order valence-corrected chi connectivity index (χ0v) is 11.2. The molecule has 6 heteroatoms. The third kappa shape index (κ3) is 5.38. The van der Waals surface area contributed by atoms with Gasteiger partial charge in [-0.2, -0.15) is 4.98 Å². The highest BCUT2D eigenvalue weighted by atomic mass is 16.5. The van der Waals surface area contributed by atoms with E-state index in [1.165, 1.54) is 32.0 Å². The zero-order chi connectivity index (χ0) is 13.3. The molecule has 1 saturated carbocycles. The fourth-order valence-corrected chi connectivity index (χ4v) is 2.41. The predicted octanol–water partition coefficient (Wildman–Crippen LogP) is 1.04. The third-order valence-electron chi connectivity index (χ3n) is 3.43. The molecule has 0 atom stereocenters. The van der Waals surface area contributed by atoms with Gasteiger partial charge < -0.3 is 15.2 Å². The predicted molar refractivity (Wildman–Crippen MR) is 70.5 cm³/mol. The normalized spacial score (nSPS) is 17.1. The van der Waals surface area contributed by atoms with Crippen molar-refractivity contribution in [2.24, 2.45) is 0 Å². The number of hydrogen-bond acceptors (Lipinski definition) is 5. The number of carbonyl (C=O) groups excluding carboxylic acids is 1. The molecule has 19 heavy (non-hydrogen) atoms. The highest BCUT2D eigenvalue weighted by Crippen LogP contribution is 2.16. The molecule has 2 N–H and O–H groups in total. The zero-order valence-electron chi connectivity index (χ0n) is 11.2. The van der Waals surface area contributed by atoms with Gasteiger partial charge in [-0.15, -0.1) is 0 Å². The minimum absolute atomic E-state index is 0.0810. The Kier molecular flexibility index (Phi) is 5.81. The fourth-order valence-electron chi connectivity index (χ4n) is 2.41. The van der Waals surface area contributed by atoms with Crippen LogP contribution in [0.4, 0.5) is 0 Å². The van der Waals surface area contributed by atoms with Gasteiger partial charge in [-0.3, -0.25) is 4.79 Å². The lowest BCUT2D eigenvalue weighted by molar-refractivity contribution is -0.121. The third-order valence-corrected chi connectivity index (χ3v) is 3.43. The largest absolute Gasteiger partial charge is 0.352 e. The van der Waals surface area contributed by atoms with Gasteiger partial charge in [0.15, 0.2) is 6.33 Å². The second kappa shape index (κ2) is 7.89. The summed E-state index contributed by atoms with van der Waals surface area (Å²) in [5, 5.41) is 9.72. The van der Waals surface area contributed by atoms with Crippen LogP contribution in [-0.2, 0) is 11.2 Å². The Morgan fingerprint density at radius 1 is 1.32 bits per heavy atom. The first-order chi connectivity index (χ1) is 9.34. The molecule has 0 aliphatic heterocycles. The molecular formula is C13H22N4O2. The Bertz CT molecular complexity index is 359. The van der Waals surface area contributed by atoms with Crippen molar-refractivity contribution < 1.29 is 9.32 Å². The van der Waals surface area contributed by atoms with Crippen molar-refractivity contribution in [2.75, 3.05) is 13.1 Å². The van der Waals surface area contributed by atoms with Crippen LogP contribution in [0.5, 0.6) is 0 Å². The molecule has 2 rings (SSSR count). The lowest BCUT2D eigenvalue weighted by Crippen LogP contribution is -2.40. The monoisotopic (exact) mass is 266 g/mol. The van der Waals surface area contributed by atoms with E-state index in [0.717, 1.165) is 12.8 Å². The van der Waals surface area contributed by atoms with E-state index in [0.29, 0.717) is 31.4 Å². The molecule has 0 spiro atoms. The summed E-state index contributed by atoms with van der Waals surface area (Å²) in [6.07, 6.45) is 9.33. The van der Waals surface area contributed by atoms with Gasteiger partial charge in [0.25, 0.3) is 0 Å². The molecular weight excluding hydrogens is 244 g/mol. The minimum atomic E-state index is 0.0810. The highest BCUT2D eigenvalue weighted by molar-refractivity contribution is 5.78. The SMILES string of the molecule is O=C(CNCCc1ncno1)NC1CCCCCC1. The second-order valence-electron chi connectivity index (χ2n) is 5.02. The van der Waals surface area contributed by atoms with Crippen LogP contribution in [-0.4, -0.2) is 35.2 Å². The van der Waals surface area contributed by atoms with E-state index in [4.69, 9.17) is 4.52 Å². The van der Waals surface area contributed by atoms with Crippen LogP contribution >= 0.6 is 0 Å². The molecule has 106 valence electrons. The molecule has 1 heterocycles. The number of hydrogen-bond donors (Lipinski definition) is 2. The summed E-state index contributed by atoms with van der Waals surface area (Å²) >= 11 is 0. The van der Waals surface area contributed by atoms with Gasteiger partial charge in [0, 0.05) is 19.0 Å². The summed E-state index contributed by atoms with van der Waals surface area (Å²) in [5.74, 6) is 0.675. The number of amides is 1. The smallest absolute Gasteiger partial charge is 0.234 e. The fraction of sp³-hybridized carbons (Fsp3) is 0.769. The van der Waals surface area contributed by atoms with E-state index < -0.39 is 0 Å². The first-order valence-corrected chi connectivity index (χ1v) is 7.10. The Morgan fingerprint density at radius 2 is 2.11 bits per heavy atom. The van der Waals surface area contributed by atoms with Crippen LogP contribution in [0.1, 0.15) is 44.4 Å². The topological polar surface area (TPSA) is 80.1 Å². The van der Waals surface area contributed by atoms with E-state index in [9.17, 15) is 4.79 Å². The van der Waals surface area contributed by atoms with Crippen LogP contribution in [0, 0.1) is 0 Å². The Hall–Kier alpha value is -1.43. The molecule has 1 fully saturated rings. The molecule has 1 aliphatic rings. The maximum atomic E-state index is 11.8. The number of nitrogens with one attached hydrogen (secondary N) is 2. The van der Waals surface area contributed by atoms with Crippen molar-refractivity contribution >= 4 is 5.91 Å². The Morgan fingerprint density at radius 3 is 2.79 bits per heavy atom. The van der Waals surface area contributed by atoms with Crippen molar-refractivity contribution in [1.82, 2.24) is 20.8 Å². The number of aromatic nitrogens is 2. The second-order valence-corrected chi connectivity index (χ2v) is 5.02. The van der Waals surface area contributed by atoms with Crippen molar-refractivity contribution in [2.45, 2.75) is 51.0 Å². The molecule has 0 saturated heterocycles. The molecule has 0 unspecified atom stereocenters.